The average molecular weight is 220 g/mol. The Kier molecular flexibility index (Phi) is 3.69. The number of hydrogen-bond acceptors (Lipinski definition) is 5. The molecule has 0 bridgehead atoms. The molecule has 5 heteroatoms. The minimum atomic E-state index is -0.254. The van der Waals surface area contributed by atoms with Gasteiger partial charge in [-0.1, -0.05) is 13.8 Å². The van der Waals surface area contributed by atoms with E-state index >= 15 is 0 Å². The van der Waals surface area contributed by atoms with Gasteiger partial charge in [0.25, 0.3) is 0 Å². The molecule has 0 saturated carbocycles. The summed E-state index contributed by atoms with van der Waals surface area (Å²) in [5, 5.41) is 21.0. The third-order valence-corrected chi connectivity index (χ3v) is 2.19. The molecule has 0 aliphatic heterocycles. The van der Waals surface area contributed by atoms with Gasteiger partial charge in [0.15, 0.2) is 0 Å². The Balaban J connectivity index is 2.79. The first-order valence-electron chi connectivity index (χ1n) is 4.99. The van der Waals surface area contributed by atoms with E-state index in [1.807, 2.05) is 19.9 Å². The van der Waals surface area contributed by atoms with Crippen molar-refractivity contribution >= 4 is 11.5 Å². The summed E-state index contributed by atoms with van der Waals surface area (Å²) in [6, 6.07) is 3.59. The van der Waals surface area contributed by atoms with Crippen molar-refractivity contribution in [3.8, 4) is 6.07 Å². The highest BCUT2D eigenvalue weighted by atomic mass is 16.3. The third kappa shape index (κ3) is 3.11. The van der Waals surface area contributed by atoms with Crippen molar-refractivity contribution in [1.82, 2.24) is 4.98 Å². The molecule has 1 rings (SSSR count). The molecule has 0 aliphatic rings. The number of rotatable bonds is 4. The van der Waals surface area contributed by atoms with Crippen LogP contribution in [0.3, 0.4) is 0 Å². The molecule has 0 aromatic carbocycles. The predicted molar refractivity (Wildman–Crippen MR) is 62.7 cm³/mol. The number of aliphatic hydroxyl groups excluding tert-OH is 1. The summed E-state index contributed by atoms with van der Waals surface area (Å²) in [7, 11) is 0. The highest BCUT2D eigenvalue weighted by Crippen LogP contribution is 2.18. The number of hydrogen-bond donors (Lipinski definition) is 3. The maximum absolute atomic E-state index is 9.10. The molecule has 86 valence electrons. The lowest BCUT2D eigenvalue weighted by Crippen LogP contribution is -2.27. The van der Waals surface area contributed by atoms with Crippen molar-refractivity contribution in [2.75, 3.05) is 24.2 Å². The van der Waals surface area contributed by atoms with Gasteiger partial charge in [-0.15, -0.1) is 0 Å². The van der Waals surface area contributed by atoms with Crippen molar-refractivity contribution in [3.63, 3.8) is 0 Å². The van der Waals surface area contributed by atoms with Crippen LogP contribution in [0.4, 0.5) is 11.5 Å². The average Bonchev–Trinajstić information content (AvgIpc) is 2.27. The first-order valence-corrected chi connectivity index (χ1v) is 4.99. The minimum Gasteiger partial charge on any atom is -0.397 e. The topological polar surface area (TPSA) is 95.0 Å². The van der Waals surface area contributed by atoms with Gasteiger partial charge < -0.3 is 16.2 Å². The smallest absolute Gasteiger partial charge is 0.144 e. The Morgan fingerprint density at radius 3 is 2.88 bits per heavy atom. The number of anilines is 2. The number of pyridine rings is 1. The Labute approximate surface area is 94.9 Å². The van der Waals surface area contributed by atoms with E-state index in [2.05, 4.69) is 10.3 Å². The number of nitrogens with two attached hydrogens (primary N) is 1. The lowest BCUT2D eigenvalue weighted by molar-refractivity contribution is 0.170. The molecule has 0 radical (unpaired) electrons. The van der Waals surface area contributed by atoms with E-state index in [1.54, 1.807) is 6.07 Å². The Morgan fingerprint density at radius 1 is 1.62 bits per heavy atom. The summed E-state index contributed by atoms with van der Waals surface area (Å²) in [5.41, 5.74) is 6.15. The maximum atomic E-state index is 9.10. The molecule has 0 spiro atoms. The molecule has 0 saturated heterocycles. The van der Waals surface area contributed by atoms with Crippen molar-refractivity contribution in [1.29, 1.82) is 5.26 Å². The van der Waals surface area contributed by atoms with Crippen LogP contribution in [-0.4, -0.2) is 23.2 Å². The van der Waals surface area contributed by atoms with Gasteiger partial charge in [-0.3, -0.25) is 0 Å². The standard InChI is InChI=1S/C11H16N4O/c1-11(2,7-16)6-15-10-8(4-12)3-9(13)5-14-10/h3,5,16H,6-7,13H2,1-2H3,(H,14,15). The number of nitrogen functional groups attached to an aromatic ring is 1. The van der Waals surface area contributed by atoms with Crippen LogP contribution in [0.25, 0.3) is 0 Å². The largest absolute Gasteiger partial charge is 0.397 e. The van der Waals surface area contributed by atoms with Crippen molar-refractivity contribution in [2.45, 2.75) is 13.8 Å². The zero-order valence-electron chi connectivity index (χ0n) is 9.49. The van der Waals surface area contributed by atoms with Crippen LogP contribution >= 0.6 is 0 Å². The van der Waals surface area contributed by atoms with Gasteiger partial charge in [-0.2, -0.15) is 5.26 Å². The number of nitrogens with one attached hydrogen (secondary N) is 1. The second-order valence-corrected chi connectivity index (χ2v) is 4.45. The Hall–Kier alpha value is -1.80. The van der Waals surface area contributed by atoms with Gasteiger partial charge in [0.1, 0.15) is 11.9 Å². The van der Waals surface area contributed by atoms with Crippen LogP contribution in [0.15, 0.2) is 12.3 Å². The lowest BCUT2D eigenvalue weighted by Gasteiger charge is -2.22. The number of aromatic nitrogens is 1. The second-order valence-electron chi connectivity index (χ2n) is 4.45. The lowest BCUT2D eigenvalue weighted by atomic mass is 9.95. The van der Waals surface area contributed by atoms with Crippen molar-refractivity contribution in [2.24, 2.45) is 5.41 Å². The van der Waals surface area contributed by atoms with E-state index in [0.717, 1.165) is 0 Å². The maximum Gasteiger partial charge on any atom is 0.144 e. The fourth-order valence-electron chi connectivity index (χ4n) is 1.09. The highest BCUT2D eigenvalue weighted by Gasteiger charge is 2.17. The molecule has 0 unspecified atom stereocenters. The van der Waals surface area contributed by atoms with E-state index in [9.17, 15) is 0 Å². The highest BCUT2D eigenvalue weighted by molar-refractivity contribution is 5.57. The van der Waals surface area contributed by atoms with Gasteiger partial charge in [0.2, 0.25) is 0 Å². The predicted octanol–water partition coefficient (Wildman–Crippen LogP) is 0.966. The molecular formula is C11H16N4O. The monoisotopic (exact) mass is 220 g/mol. The molecule has 0 fully saturated rings. The minimum absolute atomic E-state index is 0.0663. The van der Waals surface area contributed by atoms with E-state index in [-0.39, 0.29) is 12.0 Å². The normalized spacial score (nSPS) is 10.9. The Morgan fingerprint density at radius 2 is 2.31 bits per heavy atom. The van der Waals surface area contributed by atoms with Crippen LogP contribution in [0.1, 0.15) is 19.4 Å². The molecule has 0 atom stereocenters. The molecule has 1 aromatic rings. The van der Waals surface area contributed by atoms with E-state index in [0.29, 0.717) is 23.6 Å². The molecule has 0 amide bonds. The van der Waals surface area contributed by atoms with Crippen LogP contribution in [0, 0.1) is 16.7 Å². The van der Waals surface area contributed by atoms with Crippen LogP contribution in [0.5, 0.6) is 0 Å². The molecular weight excluding hydrogens is 204 g/mol. The van der Waals surface area contributed by atoms with E-state index < -0.39 is 0 Å². The number of aliphatic hydroxyl groups is 1. The fourth-order valence-corrected chi connectivity index (χ4v) is 1.09. The van der Waals surface area contributed by atoms with Crippen LogP contribution in [0.2, 0.25) is 0 Å². The summed E-state index contributed by atoms with van der Waals surface area (Å²) in [5.74, 6) is 0.498. The first kappa shape index (κ1) is 12.3. The van der Waals surface area contributed by atoms with Crippen LogP contribution < -0.4 is 11.1 Å². The van der Waals surface area contributed by atoms with Gasteiger partial charge in [0.05, 0.1) is 17.4 Å². The van der Waals surface area contributed by atoms with Crippen molar-refractivity contribution in [3.05, 3.63) is 17.8 Å². The zero-order valence-corrected chi connectivity index (χ0v) is 9.49. The molecule has 16 heavy (non-hydrogen) atoms. The van der Waals surface area contributed by atoms with Gasteiger partial charge in [0, 0.05) is 18.6 Å². The number of nitrogens with zero attached hydrogens (tertiary/aromatic N) is 2. The van der Waals surface area contributed by atoms with Gasteiger partial charge in [-0.25, -0.2) is 4.98 Å². The molecule has 5 nitrogen and oxygen atoms in total. The fraction of sp³-hybridized carbons (Fsp3) is 0.455. The zero-order chi connectivity index (χ0) is 12.2. The molecule has 4 N–H and O–H groups in total. The quantitative estimate of drug-likeness (QED) is 0.702. The molecule has 1 aromatic heterocycles. The SMILES string of the molecule is CC(C)(CO)CNc1ncc(N)cc1C#N. The molecule has 0 aliphatic carbocycles. The summed E-state index contributed by atoms with van der Waals surface area (Å²) < 4.78 is 0. The third-order valence-electron chi connectivity index (χ3n) is 2.19. The summed E-state index contributed by atoms with van der Waals surface area (Å²) in [6.45, 7) is 4.44. The van der Waals surface area contributed by atoms with Crippen LogP contribution in [-0.2, 0) is 0 Å². The number of nitriles is 1. The summed E-state index contributed by atoms with van der Waals surface area (Å²) in [6.07, 6.45) is 1.50. The van der Waals surface area contributed by atoms with E-state index in [4.69, 9.17) is 16.1 Å². The van der Waals surface area contributed by atoms with Crippen molar-refractivity contribution < 1.29 is 5.11 Å². The van der Waals surface area contributed by atoms with Gasteiger partial charge in [-0.05, 0) is 6.07 Å². The second kappa shape index (κ2) is 4.81. The van der Waals surface area contributed by atoms with E-state index in [1.165, 1.54) is 6.20 Å². The first-order chi connectivity index (χ1) is 7.48. The van der Waals surface area contributed by atoms with Gasteiger partial charge >= 0.3 is 0 Å². The summed E-state index contributed by atoms with van der Waals surface area (Å²) in [4.78, 5) is 4.05. The molecule has 1 heterocycles. The summed E-state index contributed by atoms with van der Waals surface area (Å²) >= 11 is 0. The Bertz CT molecular complexity index is 409.